The normalized spacial score (nSPS) is 21.3. The summed E-state index contributed by atoms with van der Waals surface area (Å²) in [6, 6.07) is 0. The van der Waals surface area contributed by atoms with E-state index in [1.165, 1.54) is 6.08 Å². The van der Waals surface area contributed by atoms with Gasteiger partial charge in [-0.25, -0.2) is 0 Å². The average Bonchev–Trinajstić information content (AvgIpc) is 2.69. The lowest BCUT2D eigenvalue weighted by molar-refractivity contribution is 0.300. The zero-order chi connectivity index (χ0) is 23.1. The highest BCUT2D eigenvalue weighted by atomic mass is 35.5. The minimum atomic E-state index is -4.64. The molecule has 0 fully saturated rings. The van der Waals surface area contributed by atoms with Crippen molar-refractivity contribution in [1.29, 1.82) is 0 Å². The van der Waals surface area contributed by atoms with Gasteiger partial charge >= 0.3 is 0 Å². The summed E-state index contributed by atoms with van der Waals surface area (Å²) in [6.45, 7) is 3.52. The van der Waals surface area contributed by atoms with Crippen LogP contribution in [0.5, 0.6) is 0 Å². The van der Waals surface area contributed by atoms with Crippen LogP contribution in [-0.2, 0) is 10.1 Å². The Morgan fingerprint density at radius 1 is 0.967 bits per heavy atom. The smallest absolute Gasteiger partial charge is 0.275 e. The van der Waals surface area contributed by atoms with Crippen molar-refractivity contribution in [2.75, 3.05) is 17.1 Å². The molecule has 0 aliphatic heterocycles. The molecule has 1 aromatic carbocycles. The summed E-state index contributed by atoms with van der Waals surface area (Å²) in [5.74, 6) is -0.463. The number of alkyl halides is 2. The first kappa shape index (κ1) is 26.7. The van der Waals surface area contributed by atoms with Crippen molar-refractivity contribution in [3.63, 3.8) is 0 Å². The Labute approximate surface area is 211 Å². The maximum absolute atomic E-state index is 12.6. The SMILES string of the molecule is CCCC1(S(=O)(=O)O)C=CC(C)=C(Nc2c(Cl)c(Cl)c(Cl)c(Cl)c2Cl)C1(CCl)CCl. The molecule has 0 saturated carbocycles. The number of allylic oxidation sites excluding steroid dienone is 3. The predicted molar refractivity (Wildman–Crippen MR) is 130 cm³/mol. The summed E-state index contributed by atoms with van der Waals surface area (Å²) in [5.41, 5.74) is -0.396. The van der Waals surface area contributed by atoms with Gasteiger partial charge in [0.25, 0.3) is 10.1 Å². The van der Waals surface area contributed by atoms with E-state index >= 15 is 0 Å². The third kappa shape index (κ3) is 4.08. The van der Waals surface area contributed by atoms with Gasteiger partial charge in [-0.15, -0.1) is 23.2 Å². The fourth-order valence-electron chi connectivity index (χ4n) is 3.70. The Morgan fingerprint density at radius 3 is 1.83 bits per heavy atom. The van der Waals surface area contributed by atoms with E-state index in [0.29, 0.717) is 17.7 Å². The van der Waals surface area contributed by atoms with E-state index in [1.807, 2.05) is 0 Å². The molecule has 30 heavy (non-hydrogen) atoms. The van der Waals surface area contributed by atoms with Gasteiger partial charge in [0.05, 0.1) is 36.2 Å². The van der Waals surface area contributed by atoms with Gasteiger partial charge in [-0.05, 0) is 18.9 Å². The van der Waals surface area contributed by atoms with Gasteiger partial charge in [0, 0.05) is 17.5 Å². The van der Waals surface area contributed by atoms with Gasteiger partial charge in [-0.2, -0.15) is 8.42 Å². The standard InChI is InChI=1S/C18H18Cl7NO3S/c1-3-5-18(30(27,28)29)6-4-9(2)16(17(18,7-19)8-20)26-15-13(24)11(22)10(21)12(23)14(15)25/h4,6,26H,3,5,7-8H2,1-2H3,(H,27,28,29). The van der Waals surface area contributed by atoms with Gasteiger partial charge < -0.3 is 5.32 Å². The highest BCUT2D eigenvalue weighted by Crippen LogP contribution is 2.55. The molecule has 168 valence electrons. The minimum Gasteiger partial charge on any atom is -0.356 e. The first-order chi connectivity index (χ1) is 13.8. The Balaban J connectivity index is 2.84. The van der Waals surface area contributed by atoms with E-state index in [-0.39, 0.29) is 49.0 Å². The van der Waals surface area contributed by atoms with Crippen LogP contribution >= 0.6 is 81.2 Å². The summed E-state index contributed by atoms with van der Waals surface area (Å²) in [4.78, 5) is 0. The lowest BCUT2D eigenvalue weighted by Gasteiger charge is -2.49. The van der Waals surface area contributed by atoms with E-state index in [2.05, 4.69) is 5.32 Å². The van der Waals surface area contributed by atoms with Gasteiger partial charge in [0.1, 0.15) is 4.75 Å². The number of nitrogens with one attached hydrogen (secondary N) is 1. The summed E-state index contributed by atoms with van der Waals surface area (Å²) < 4.78 is 33.8. The van der Waals surface area contributed by atoms with Crippen LogP contribution in [0.25, 0.3) is 0 Å². The van der Waals surface area contributed by atoms with E-state index in [4.69, 9.17) is 81.2 Å². The van der Waals surface area contributed by atoms with E-state index < -0.39 is 20.3 Å². The molecule has 1 aliphatic carbocycles. The number of anilines is 1. The molecule has 0 heterocycles. The van der Waals surface area contributed by atoms with Crippen LogP contribution < -0.4 is 5.32 Å². The molecule has 0 saturated heterocycles. The third-order valence-corrected chi connectivity index (χ3v) is 10.1. The molecule has 0 bridgehead atoms. The van der Waals surface area contributed by atoms with Crippen molar-refractivity contribution in [1.82, 2.24) is 0 Å². The van der Waals surface area contributed by atoms with Gasteiger partial charge in [0.15, 0.2) is 0 Å². The summed E-state index contributed by atoms with van der Waals surface area (Å²) in [5, 5.41) is 2.93. The molecule has 0 aromatic heterocycles. The van der Waals surface area contributed by atoms with Gasteiger partial charge in [-0.3, -0.25) is 4.55 Å². The zero-order valence-electron chi connectivity index (χ0n) is 15.8. The van der Waals surface area contributed by atoms with Crippen molar-refractivity contribution in [3.05, 3.63) is 48.5 Å². The van der Waals surface area contributed by atoms with E-state index in [9.17, 15) is 13.0 Å². The minimum absolute atomic E-state index is 0.0167. The molecule has 4 nitrogen and oxygen atoms in total. The predicted octanol–water partition coefficient (Wildman–Crippen LogP) is 8.10. The van der Waals surface area contributed by atoms with Crippen LogP contribution in [0, 0.1) is 5.41 Å². The van der Waals surface area contributed by atoms with Crippen molar-refractivity contribution < 1.29 is 13.0 Å². The van der Waals surface area contributed by atoms with Crippen LogP contribution in [0.1, 0.15) is 26.7 Å². The molecule has 1 aromatic rings. The Bertz CT molecular complexity index is 990. The Hall–Kier alpha value is 0.440. The van der Waals surface area contributed by atoms with Crippen molar-refractivity contribution in [3.8, 4) is 0 Å². The van der Waals surface area contributed by atoms with Gasteiger partial charge in [-0.1, -0.05) is 83.5 Å². The van der Waals surface area contributed by atoms with Crippen LogP contribution in [0.3, 0.4) is 0 Å². The topological polar surface area (TPSA) is 66.4 Å². The molecule has 1 atom stereocenters. The second-order valence-corrected chi connectivity index (χ2v) is 11.0. The largest absolute Gasteiger partial charge is 0.356 e. The molecule has 2 rings (SSSR count). The van der Waals surface area contributed by atoms with Crippen LogP contribution in [-0.4, -0.2) is 29.5 Å². The number of hydrogen-bond acceptors (Lipinski definition) is 3. The van der Waals surface area contributed by atoms with E-state index in [0.717, 1.165) is 0 Å². The maximum Gasteiger partial charge on any atom is 0.275 e. The number of benzene rings is 1. The summed E-state index contributed by atoms with van der Waals surface area (Å²) in [7, 11) is -4.64. The first-order valence-corrected chi connectivity index (χ1v) is 13.0. The molecule has 1 unspecified atom stereocenters. The number of hydrogen-bond donors (Lipinski definition) is 2. The highest BCUT2D eigenvalue weighted by molar-refractivity contribution is 7.87. The molecule has 12 heteroatoms. The van der Waals surface area contributed by atoms with E-state index in [1.54, 1.807) is 19.9 Å². The second-order valence-electron chi connectivity index (χ2n) is 6.93. The second kappa shape index (κ2) is 9.74. The Morgan fingerprint density at radius 2 is 1.43 bits per heavy atom. The molecule has 0 radical (unpaired) electrons. The summed E-state index contributed by atoms with van der Waals surface area (Å²) in [6.07, 6.45) is 3.52. The van der Waals surface area contributed by atoms with Crippen molar-refractivity contribution in [2.24, 2.45) is 5.41 Å². The third-order valence-electron chi connectivity index (χ3n) is 5.28. The monoisotopic (exact) mass is 573 g/mol. The molecule has 0 spiro atoms. The molecular formula is C18H18Cl7NO3S. The molecule has 1 aliphatic rings. The lowest BCUT2D eigenvalue weighted by atomic mass is 9.68. The summed E-state index contributed by atoms with van der Waals surface area (Å²) >= 11 is 43.8. The Kier molecular flexibility index (Phi) is 8.67. The van der Waals surface area contributed by atoms with Crippen LogP contribution in [0.15, 0.2) is 23.4 Å². The van der Waals surface area contributed by atoms with Crippen molar-refractivity contribution in [2.45, 2.75) is 31.4 Å². The fourth-order valence-corrected chi connectivity index (χ4v) is 7.56. The quantitative estimate of drug-likeness (QED) is 0.149. The maximum atomic E-state index is 12.6. The van der Waals surface area contributed by atoms with Gasteiger partial charge in [0.2, 0.25) is 0 Å². The first-order valence-electron chi connectivity index (χ1n) is 8.63. The molecule has 2 N–H and O–H groups in total. The van der Waals surface area contributed by atoms with Crippen LogP contribution in [0.4, 0.5) is 5.69 Å². The van der Waals surface area contributed by atoms with Crippen LogP contribution in [0.2, 0.25) is 25.1 Å². The average molecular weight is 577 g/mol. The number of rotatable bonds is 7. The zero-order valence-corrected chi connectivity index (χ0v) is 21.9. The number of halogens is 7. The molecule has 0 amide bonds. The highest BCUT2D eigenvalue weighted by Gasteiger charge is 2.60. The van der Waals surface area contributed by atoms with Crippen molar-refractivity contribution >= 4 is 97.0 Å². The lowest BCUT2D eigenvalue weighted by Crippen LogP contribution is -2.58. The molecular weight excluding hydrogens is 558 g/mol. The fraction of sp³-hybridized carbons (Fsp3) is 0.444.